The highest BCUT2D eigenvalue weighted by Crippen LogP contribution is 2.37. The SMILES string of the molecule is Cc1nnc2n1-c1sc(C#CC(C=Nc3cccc4c3C(=O)N(C3CCC(=O)NC3=O)C4=O)=CN)c(Cc3ccccc3)c1COC2. The van der Waals surface area contributed by atoms with Gasteiger partial charge in [0.15, 0.2) is 5.82 Å². The molecule has 0 aliphatic carbocycles. The van der Waals surface area contributed by atoms with Crippen molar-refractivity contribution in [1.29, 1.82) is 0 Å². The summed E-state index contributed by atoms with van der Waals surface area (Å²) in [5.41, 5.74) is 9.99. The number of aryl methyl sites for hydroxylation is 1. The van der Waals surface area contributed by atoms with Crippen LogP contribution in [0.5, 0.6) is 0 Å². The van der Waals surface area contributed by atoms with E-state index in [2.05, 4.69) is 44.5 Å². The van der Waals surface area contributed by atoms with Gasteiger partial charge >= 0.3 is 0 Å². The average molecular weight is 646 g/mol. The molecule has 12 nitrogen and oxygen atoms in total. The van der Waals surface area contributed by atoms with Crippen molar-refractivity contribution in [2.45, 2.75) is 45.4 Å². The van der Waals surface area contributed by atoms with Crippen molar-refractivity contribution in [1.82, 2.24) is 25.0 Å². The molecule has 4 aromatic rings. The maximum atomic E-state index is 13.5. The molecular weight excluding hydrogens is 618 g/mol. The number of rotatable bonds is 5. The zero-order valence-electron chi connectivity index (χ0n) is 25.1. The highest BCUT2D eigenvalue weighted by molar-refractivity contribution is 7.15. The van der Waals surface area contributed by atoms with E-state index in [0.29, 0.717) is 25.2 Å². The van der Waals surface area contributed by atoms with Crippen LogP contribution >= 0.6 is 11.3 Å². The molecule has 1 saturated heterocycles. The van der Waals surface area contributed by atoms with Crippen LogP contribution in [0.15, 0.2) is 65.3 Å². The van der Waals surface area contributed by atoms with E-state index < -0.39 is 29.7 Å². The summed E-state index contributed by atoms with van der Waals surface area (Å²) >= 11 is 1.53. The van der Waals surface area contributed by atoms with Gasteiger partial charge in [0.25, 0.3) is 11.8 Å². The van der Waals surface area contributed by atoms with Gasteiger partial charge in [-0.2, -0.15) is 0 Å². The molecule has 3 N–H and O–H groups in total. The van der Waals surface area contributed by atoms with Crippen LogP contribution in [0.3, 0.4) is 0 Å². The van der Waals surface area contributed by atoms with Crippen LogP contribution < -0.4 is 11.1 Å². The molecule has 1 atom stereocenters. The Bertz CT molecular complexity index is 2100. The van der Waals surface area contributed by atoms with Gasteiger partial charge in [0.2, 0.25) is 11.8 Å². The lowest BCUT2D eigenvalue weighted by Crippen LogP contribution is -2.54. The summed E-state index contributed by atoms with van der Waals surface area (Å²) in [5, 5.41) is 11.7. The summed E-state index contributed by atoms with van der Waals surface area (Å²) in [7, 11) is 0. The van der Waals surface area contributed by atoms with Gasteiger partial charge in [-0.1, -0.05) is 48.2 Å². The molecule has 3 aliphatic rings. The van der Waals surface area contributed by atoms with E-state index in [4.69, 9.17) is 10.5 Å². The maximum absolute atomic E-state index is 13.5. The second-order valence-electron chi connectivity index (χ2n) is 11.1. The first-order valence-electron chi connectivity index (χ1n) is 14.8. The smallest absolute Gasteiger partial charge is 0.264 e. The molecule has 0 spiro atoms. The van der Waals surface area contributed by atoms with Crippen LogP contribution in [0, 0.1) is 18.8 Å². The molecule has 1 unspecified atom stereocenters. The summed E-state index contributed by atoms with van der Waals surface area (Å²) in [6.45, 7) is 2.66. The number of hydrogen-bond donors (Lipinski definition) is 2. The summed E-state index contributed by atoms with van der Waals surface area (Å²) in [4.78, 5) is 57.0. The normalized spacial score (nSPS) is 17.6. The Kier molecular flexibility index (Phi) is 7.80. The Morgan fingerprint density at radius 1 is 1.11 bits per heavy atom. The monoisotopic (exact) mass is 645 g/mol. The second-order valence-corrected chi connectivity index (χ2v) is 12.1. The van der Waals surface area contributed by atoms with Crippen molar-refractivity contribution in [3.63, 3.8) is 0 Å². The van der Waals surface area contributed by atoms with E-state index in [1.807, 2.05) is 29.7 Å². The number of aromatic nitrogens is 3. The molecule has 13 heteroatoms. The minimum Gasteiger partial charge on any atom is -0.404 e. The Balaban J connectivity index is 1.21. The van der Waals surface area contributed by atoms with Gasteiger partial charge in [0.1, 0.15) is 23.5 Å². The van der Waals surface area contributed by atoms with E-state index in [1.54, 1.807) is 12.1 Å². The van der Waals surface area contributed by atoms with Gasteiger partial charge < -0.3 is 10.5 Å². The molecule has 3 aliphatic heterocycles. The Labute approximate surface area is 273 Å². The number of nitrogens with one attached hydrogen (secondary N) is 1. The van der Waals surface area contributed by atoms with Crippen molar-refractivity contribution in [2.75, 3.05) is 0 Å². The molecule has 0 radical (unpaired) electrons. The van der Waals surface area contributed by atoms with E-state index >= 15 is 0 Å². The quantitative estimate of drug-likeness (QED) is 0.190. The van der Waals surface area contributed by atoms with E-state index in [0.717, 1.165) is 43.1 Å². The Morgan fingerprint density at radius 2 is 1.94 bits per heavy atom. The number of piperidine rings is 1. The van der Waals surface area contributed by atoms with Crippen molar-refractivity contribution in [2.24, 2.45) is 10.7 Å². The van der Waals surface area contributed by atoms with Crippen LogP contribution in [0.25, 0.3) is 5.00 Å². The van der Waals surface area contributed by atoms with E-state index in [9.17, 15) is 19.2 Å². The molecule has 5 heterocycles. The first-order valence-corrected chi connectivity index (χ1v) is 15.7. The number of benzene rings is 2. The molecule has 2 aromatic heterocycles. The van der Waals surface area contributed by atoms with Crippen molar-refractivity contribution in [3.05, 3.63) is 105 Å². The number of nitrogens with zero attached hydrogens (tertiary/aromatic N) is 5. The number of aliphatic imine (C=N–C) groups is 1. The van der Waals surface area contributed by atoms with Crippen molar-refractivity contribution < 1.29 is 23.9 Å². The van der Waals surface area contributed by atoms with Crippen molar-refractivity contribution in [3.8, 4) is 16.8 Å². The number of amides is 4. The summed E-state index contributed by atoms with van der Waals surface area (Å²) in [6, 6.07) is 13.8. The lowest BCUT2D eigenvalue weighted by atomic mass is 10.0. The fourth-order valence-electron chi connectivity index (χ4n) is 5.90. The third-order valence-corrected chi connectivity index (χ3v) is 9.36. The van der Waals surface area contributed by atoms with Gasteiger partial charge in [0, 0.05) is 24.4 Å². The highest BCUT2D eigenvalue weighted by atomic mass is 32.1. The van der Waals surface area contributed by atoms with Crippen LogP contribution in [0.2, 0.25) is 0 Å². The maximum Gasteiger partial charge on any atom is 0.264 e. The van der Waals surface area contributed by atoms with Crippen LogP contribution in [-0.4, -0.2) is 55.5 Å². The predicted octanol–water partition coefficient (Wildman–Crippen LogP) is 3.26. The van der Waals surface area contributed by atoms with E-state index in [-0.39, 0.29) is 29.7 Å². The fraction of sp³-hybridized carbons (Fsp3) is 0.206. The standard InChI is InChI=1S/C34H27N7O5S/c1-19-38-39-28-18-46-17-24-23(14-20-6-3-2-4-7-20)27(47-34(24)40(19)28)12-10-21(15-35)16-36-25-9-5-8-22-30(25)33(45)41(32(22)44)26-11-13-29(42)37-31(26)43/h2-9,15-16,26H,11,13-14,17-18,35H2,1H3,(H,37,42,43). The zero-order chi connectivity index (χ0) is 32.7. The molecule has 1 fully saturated rings. The summed E-state index contributed by atoms with van der Waals surface area (Å²) < 4.78 is 8.00. The second kappa shape index (κ2) is 12.2. The number of fused-ring (bicyclic) bond motifs is 4. The van der Waals surface area contributed by atoms with Crippen LogP contribution in [0.4, 0.5) is 5.69 Å². The largest absolute Gasteiger partial charge is 0.404 e. The Hall–Kier alpha value is -5.71. The third kappa shape index (κ3) is 5.43. The molecule has 2 aromatic carbocycles. The number of carbonyl (C=O) groups is 4. The molecule has 0 bridgehead atoms. The minimum atomic E-state index is -1.07. The summed E-state index contributed by atoms with van der Waals surface area (Å²) in [5.74, 6) is 5.52. The average Bonchev–Trinajstić information content (AvgIpc) is 3.63. The third-order valence-electron chi connectivity index (χ3n) is 8.18. The molecule has 7 rings (SSSR count). The molecule has 0 saturated carbocycles. The number of hydrogen-bond acceptors (Lipinski definition) is 10. The van der Waals surface area contributed by atoms with E-state index in [1.165, 1.54) is 29.8 Å². The molecular formula is C34H27N7O5S. The number of ether oxygens (including phenoxy) is 1. The minimum absolute atomic E-state index is 0.0332. The van der Waals surface area contributed by atoms with Crippen LogP contribution in [-0.2, 0) is 34.0 Å². The number of thiophene rings is 1. The molecule has 4 amide bonds. The first-order chi connectivity index (χ1) is 22.8. The van der Waals surface area contributed by atoms with Gasteiger partial charge in [0.05, 0.1) is 33.9 Å². The first kappa shape index (κ1) is 30.0. The van der Waals surface area contributed by atoms with Gasteiger partial charge in [-0.05, 0) is 43.0 Å². The Morgan fingerprint density at radius 3 is 2.72 bits per heavy atom. The summed E-state index contributed by atoms with van der Waals surface area (Å²) in [6.07, 6.45) is 3.50. The lowest BCUT2D eigenvalue weighted by Gasteiger charge is -2.27. The zero-order valence-corrected chi connectivity index (χ0v) is 26.0. The highest BCUT2D eigenvalue weighted by Gasteiger charge is 2.45. The molecule has 234 valence electrons. The lowest BCUT2D eigenvalue weighted by molar-refractivity contribution is -0.136. The number of allylic oxidation sites excluding steroid dienone is 1. The number of nitrogens with two attached hydrogens (primary N) is 1. The number of carbonyl (C=O) groups excluding carboxylic acids is 4. The predicted molar refractivity (Wildman–Crippen MR) is 172 cm³/mol. The fourth-order valence-corrected chi connectivity index (χ4v) is 7.15. The van der Waals surface area contributed by atoms with Gasteiger partial charge in [-0.25, -0.2) is 0 Å². The topological polar surface area (TPSA) is 162 Å². The molecule has 47 heavy (non-hydrogen) atoms. The van der Waals surface area contributed by atoms with Gasteiger partial charge in [-0.15, -0.1) is 21.5 Å². The van der Waals surface area contributed by atoms with Gasteiger partial charge in [-0.3, -0.25) is 39.0 Å². The van der Waals surface area contributed by atoms with Crippen LogP contribution in [0.1, 0.15) is 66.8 Å². The van der Waals surface area contributed by atoms with Crippen molar-refractivity contribution >= 4 is 46.9 Å². The number of imide groups is 2.